The zero-order valence-corrected chi connectivity index (χ0v) is 11.0. The van der Waals surface area contributed by atoms with Crippen LogP contribution in [0.25, 0.3) is 0 Å². The minimum atomic E-state index is -4.07. The molecule has 6 nitrogen and oxygen atoms in total. The van der Waals surface area contributed by atoms with Gasteiger partial charge in [0.25, 0.3) is 0 Å². The van der Waals surface area contributed by atoms with E-state index in [2.05, 4.69) is 9.46 Å². The monoisotopic (exact) mass is 286 g/mol. The number of nitrogens with one attached hydrogen (secondary N) is 1. The third-order valence-electron chi connectivity index (χ3n) is 2.35. The highest BCUT2D eigenvalue weighted by Crippen LogP contribution is 2.19. The van der Waals surface area contributed by atoms with Crippen LogP contribution in [0.5, 0.6) is 0 Å². The fraction of sp³-hybridized carbons (Fsp3) is 0.273. The van der Waals surface area contributed by atoms with E-state index in [4.69, 9.17) is 5.26 Å². The molecule has 0 aliphatic heterocycles. The van der Waals surface area contributed by atoms with Gasteiger partial charge < -0.3 is 4.74 Å². The standard InChI is InChI=1S/C11H11FN2O4S/c1-7(11(15)18-2)19(16,17)14-10-4-3-9(12)5-8(10)6-13/h3-5,7,14H,1-2H3. The molecule has 0 bridgehead atoms. The van der Waals surface area contributed by atoms with Crippen LogP contribution in [-0.2, 0) is 19.6 Å². The van der Waals surface area contributed by atoms with E-state index in [0.29, 0.717) is 0 Å². The third-order valence-corrected chi connectivity index (χ3v) is 3.98. The van der Waals surface area contributed by atoms with Crippen molar-refractivity contribution < 1.29 is 22.3 Å². The van der Waals surface area contributed by atoms with Gasteiger partial charge in [0.1, 0.15) is 11.9 Å². The van der Waals surface area contributed by atoms with Gasteiger partial charge in [0.05, 0.1) is 18.4 Å². The molecule has 0 heterocycles. The minimum Gasteiger partial charge on any atom is -0.468 e. The van der Waals surface area contributed by atoms with Crippen LogP contribution >= 0.6 is 0 Å². The van der Waals surface area contributed by atoms with E-state index in [9.17, 15) is 17.6 Å². The number of nitriles is 1. The molecule has 102 valence electrons. The first-order valence-electron chi connectivity index (χ1n) is 5.11. The number of hydrogen-bond acceptors (Lipinski definition) is 5. The lowest BCUT2D eigenvalue weighted by molar-refractivity contribution is -0.139. The van der Waals surface area contributed by atoms with Crippen LogP contribution in [0.15, 0.2) is 18.2 Å². The van der Waals surface area contributed by atoms with E-state index in [1.54, 1.807) is 6.07 Å². The van der Waals surface area contributed by atoms with Crippen LogP contribution in [0.2, 0.25) is 0 Å². The predicted octanol–water partition coefficient (Wildman–Crippen LogP) is 1.00. The largest absolute Gasteiger partial charge is 0.468 e. The minimum absolute atomic E-state index is 0.0975. The Morgan fingerprint density at radius 1 is 1.53 bits per heavy atom. The van der Waals surface area contributed by atoms with Gasteiger partial charge in [-0.05, 0) is 25.1 Å². The maximum absolute atomic E-state index is 12.9. The average Bonchev–Trinajstić information content (AvgIpc) is 2.38. The van der Waals surface area contributed by atoms with Crippen molar-refractivity contribution in [3.05, 3.63) is 29.6 Å². The number of ether oxygens (including phenoxy) is 1. The molecule has 0 radical (unpaired) electrons. The van der Waals surface area contributed by atoms with Gasteiger partial charge in [-0.3, -0.25) is 9.52 Å². The maximum atomic E-state index is 12.9. The van der Waals surface area contributed by atoms with Crippen molar-refractivity contribution in [2.75, 3.05) is 11.8 Å². The Kier molecular flexibility index (Phi) is 4.45. The number of methoxy groups -OCH3 is 1. The van der Waals surface area contributed by atoms with Crippen molar-refractivity contribution in [3.63, 3.8) is 0 Å². The maximum Gasteiger partial charge on any atom is 0.325 e. The number of sulfonamides is 1. The molecule has 0 fully saturated rings. The van der Waals surface area contributed by atoms with E-state index in [0.717, 1.165) is 32.2 Å². The first-order chi connectivity index (χ1) is 8.81. The van der Waals surface area contributed by atoms with Crippen LogP contribution < -0.4 is 4.72 Å². The molecule has 19 heavy (non-hydrogen) atoms. The van der Waals surface area contributed by atoms with Gasteiger partial charge in [0, 0.05) is 0 Å². The van der Waals surface area contributed by atoms with Crippen molar-refractivity contribution in [3.8, 4) is 6.07 Å². The van der Waals surface area contributed by atoms with E-state index in [1.165, 1.54) is 0 Å². The molecule has 1 unspecified atom stereocenters. The number of rotatable bonds is 4. The second kappa shape index (κ2) is 5.67. The van der Waals surface area contributed by atoms with Gasteiger partial charge in [-0.1, -0.05) is 0 Å². The van der Waals surface area contributed by atoms with Gasteiger partial charge in [0.2, 0.25) is 10.0 Å². The lowest BCUT2D eigenvalue weighted by atomic mass is 10.2. The van der Waals surface area contributed by atoms with Gasteiger partial charge in [-0.15, -0.1) is 0 Å². The van der Waals surface area contributed by atoms with Gasteiger partial charge in [0.15, 0.2) is 5.25 Å². The number of esters is 1. The van der Waals surface area contributed by atoms with Crippen LogP contribution in [0, 0.1) is 17.1 Å². The molecule has 0 saturated carbocycles. The van der Waals surface area contributed by atoms with E-state index in [-0.39, 0.29) is 11.3 Å². The summed E-state index contributed by atoms with van der Waals surface area (Å²) in [4.78, 5) is 11.2. The summed E-state index contributed by atoms with van der Waals surface area (Å²) in [7, 11) is -3.01. The summed E-state index contributed by atoms with van der Waals surface area (Å²) in [5.74, 6) is -1.60. The zero-order chi connectivity index (χ0) is 14.6. The SMILES string of the molecule is COC(=O)C(C)S(=O)(=O)Nc1ccc(F)cc1C#N. The Balaban J connectivity index is 3.09. The highest BCUT2D eigenvalue weighted by molar-refractivity contribution is 7.94. The van der Waals surface area contributed by atoms with Crippen molar-refractivity contribution in [1.29, 1.82) is 5.26 Å². The molecule has 1 rings (SSSR count). The molecule has 1 N–H and O–H groups in total. The second-order valence-electron chi connectivity index (χ2n) is 3.61. The zero-order valence-electron chi connectivity index (χ0n) is 10.2. The highest BCUT2D eigenvalue weighted by Gasteiger charge is 2.29. The second-order valence-corrected chi connectivity index (χ2v) is 5.62. The van der Waals surface area contributed by atoms with Crippen LogP contribution in [0.1, 0.15) is 12.5 Å². The number of halogens is 1. The van der Waals surface area contributed by atoms with Crippen molar-refractivity contribution in [1.82, 2.24) is 0 Å². The van der Waals surface area contributed by atoms with Crippen molar-refractivity contribution in [2.24, 2.45) is 0 Å². The lowest BCUT2D eigenvalue weighted by Gasteiger charge is -2.13. The fourth-order valence-electron chi connectivity index (χ4n) is 1.23. The summed E-state index contributed by atoms with van der Waals surface area (Å²) in [6.07, 6.45) is 0. The normalized spacial score (nSPS) is 12.3. The molecular formula is C11H11FN2O4S. The highest BCUT2D eigenvalue weighted by atomic mass is 32.2. The molecule has 0 saturated heterocycles. The molecule has 0 amide bonds. The summed E-state index contributed by atoms with van der Waals surface area (Å²) < 4.78 is 43.0. The molecule has 0 aromatic heterocycles. The molecule has 1 atom stereocenters. The van der Waals surface area contributed by atoms with Gasteiger partial charge >= 0.3 is 5.97 Å². The quantitative estimate of drug-likeness (QED) is 0.833. The Labute approximate surface area is 109 Å². The molecule has 0 aliphatic carbocycles. The predicted molar refractivity (Wildman–Crippen MR) is 65.1 cm³/mol. The Morgan fingerprint density at radius 3 is 2.68 bits per heavy atom. The summed E-state index contributed by atoms with van der Waals surface area (Å²) in [6.45, 7) is 1.14. The fourth-order valence-corrected chi connectivity index (χ4v) is 2.24. The topological polar surface area (TPSA) is 96.3 Å². The molecule has 0 spiro atoms. The summed E-state index contributed by atoms with van der Waals surface area (Å²) in [5.41, 5.74) is -0.278. The Hall–Kier alpha value is -2.14. The van der Waals surface area contributed by atoms with Crippen LogP contribution in [-0.4, -0.2) is 26.7 Å². The van der Waals surface area contributed by atoms with Gasteiger partial charge in [-0.2, -0.15) is 5.26 Å². The smallest absolute Gasteiger partial charge is 0.325 e. The van der Waals surface area contributed by atoms with E-state index in [1.807, 2.05) is 0 Å². The number of benzene rings is 1. The average molecular weight is 286 g/mol. The Bertz CT molecular complexity index is 637. The van der Waals surface area contributed by atoms with Crippen molar-refractivity contribution in [2.45, 2.75) is 12.2 Å². The van der Waals surface area contributed by atoms with Crippen LogP contribution in [0.4, 0.5) is 10.1 Å². The molecule has 1 aromatic carbocycles. The third kappa shape index (κ3) is 3.42. The lowest BCUT2D eigenvalue weighted by Crippen LogP contribution is -2.33. The molecule has 8 heteroatoms. The van der Waals surface area contributed by atoms with Crippen LogP contribution in [0.3, 0.4) is 0 Å². The summed E-state index contributed by atoms with van der Waals surface area (Å²) in [6, 6.07) is 4.66. The summed E-state index contributed by atoms with van der Waals surface area (Å²) in [5, 5.41) is 7.34. The van der Waals surface area contributed by atoms with Crippen molar-refractivity contribution >= 4 is 21.7 Å². The van der Waals surface area contributed by atoms with E-state index < -0.39 is 27.1 Å². The first-order valence-corrected chi connectivity index (χ1v) is 6.65. The number of carbonyl (C=O) groups excluding carboxylic acids is 1. The molecule has 1 aromatic rings. The Morgan fingerprint density at radius 2 is 2.16 bits per heavy atom. The van der Waals surface area contributed by atoms with E-state index >= 15 is 0 Å². The number of anilines is 1. The molecular weight excluding hydrogens is 275 g/mol. The number of hydrogen-bond donors (Lipinski definition) is 1. The summed E-state index contributed by atoms with van der Waals surface area (Å²) >= 11 is 0. The first kappa shape index (κ1) is 14.9. The number of nitrogens with zero attached hydrogens (tertiary/aromatic N) is 1. The molecule has 0 aliphatic rings. The van der Waals surface area contributed by atoms with Gasteiger partial charge in [-0.25, -0.2) is 12.8 Å². The number of carbonyl (C=O) groups is 1.